The van der Waals surface area contributed by atoms with Crippen molar-refractivity contribution in [1.29, 1.82) is 0 Å². The van der Waals surface area contributed by atoms with E-state index in [1.165, 1.54) is 10.5 Å². The fraction of sp³-hybridized carbons (Fsp3) is 0.600. The van der Waals surface area contributed by atoms with Gasteiger partial charge in [0.25, 0.3) is 0 Å². The van der Waals surface area contributed by atoms with Gasteiger partial charge >= 0.3 is 12.1 Å². The quantitative estimate of drug-likeness (QED) is 0.735. The number of hydrogen-bond acceptors (Lipinski definition) is 5. The minimum absolute atomic E-state index is 0.203. The summed E-state index contributed by atoms with van der Waals surface area (Å²) in [7, 11) is 0. The van der Waals surface area contributed by atoms with Gasteiger partial charge in [-0.3, -0.25) is 4.90 Å². The first-order valence-electron chi connectivity index (χ1n) is 9.19. The molecule has 2 rings (SSSR count). The molecule has 0 spiro atoms. The summed E-state index contributed by atoms with van der Waals surface area (Å²) >= 11 is 0. The van der Waals surface area contributed by atoms with E-state index in [4.69, 9.17) is 19.7 Å². The second kappa shape index (κ2) is 11.6. The third kappa shape index (κ3) is 9.40. The number of carboxylic acids is 1. The summed E-state index contributed by atoms with van der Waals surface area (Å²) in [4.78, 5) is 23.7. The van der Waals surface area contributed by atoms with Crippen LogP contribution in [0.1, 0.15) is 45.6 Å². The van der Waals surface area contributed by atoms with Gasteiger partial charge in [-0.15, -0.1) is 0 Å². The maximum Gasteiger partial charge on any atom is 0.411 e. The summed E-state index contributed by atoms with van der Waals surface area (Å²) in [6, 6.07) is 9.30. The number of nitrogens with zero attached hydrogens (tertiary/aromatic N) is 1. The van der Waals surface area contributed by atoms with Gasteiger partial charge < -0.3 is 19.7 Å². The number of benzene rings is 1. The van der Waals surface area contributed by atoms with E-state index in [2.05, 4.69) is 0 Å². The zero-order valence-corrected chi connectivity index (χ0v) is 16.4. The van der Waals surface area contributed by atoms with Gasteiger partial charge in [-0.1, -0.05) is 30.3 Å². The first-order valence-corrected chi connectivity index (χ1v) is 9.19. The van der Waals surface area contributed by atoms with Crippen LogP contribution < -0.4 is 0 Å². The monoisotopic (exact) mass is 381 g/mol. The van der Waals surface area contributed by atoms with Crippen LogP contribution in [0.3, 0.4) is 0 Å². The third-order valence-corrected chi connectivity index (χ3v) is 3.72. The molecule has 1 aromatic rings. The molecule has 0 aliphatic carbocycles. The van der Waals surface area contributed by atoms with Crippen molar-refractivity contribution in [2.45, 2.75) is 58.3 Å². The van der Waals surface area contributed by atoms with E-state index in [9.17, 15) is 9.59 Å². The molecule has 7 nitrogen and oxygen atoms in total. The Morgan fingerprint density at radius 2 is 1.89 bits per heavy atom. The van der Waals surface area contributed by atoms with E-state index < -0.39 is 23.7 Å². The Labute approximate surface area is 160 Å². The molecular formula is C20H31NO6. The van der Waals surface area contributed by atoms with Crippen molar-refractivity contribution in [3.63, 3.8) is 0 Å². The fourth-order valence-corrected chi connectivity index (χ4v) is 2.49. The van der Waals surface area contributed by atoms with Gasteiger partial charge in [0, 0.05) is 19.8 Å². The lowest BCUT2D eigenvalue weighted by Crippen LogP contribution is -2.43. The molecule has 27 heavy (non-hydrogen) atoms. The molecule has 1 aromatic carbocycles. The molecule has 1 heterocycles. The smallest absolute Gasteiger partial charge is 0.411 e. The number of hydrogen-bond donors (Lipinski definition) is 2. The highest BCUT2D eigenvalue weighted by molar-refractivity contribution is 5.80. The van der Waals surface area contributed by atoms with Crippen LogP contribution in [0.5, 0.6) is 0 Å². The molecule has 1 unspecified atom stereocenters. The highest BCUT2D eigenvalue weighted by Crippen LogP contribution is 2.20. The molecule has 0 bridgehead atoms. The van der Waals surface area contributed by atoms with Crippen LogP contribution in [0, 0.1) is 0 Å². The van der Waals surface area contributed by atoms with Crippen LogP contribution in [0.15, 0.2) is 30.3 Å². The van der Waals surface area contributed by atoms with Gasteiger partial charge in [0.1, 0.15) is 11.6 Å². The SMILES string of the molecule is CC(C)(C)OC(=O)N1CCCC1C(=O)O.OCCCOCc1ccccc1. The van der Waals surface area contributed by atoms with Crippen molar-refractivity contribution in [3.05, 3.63) is 35.9 Å². The summed E-state index contributed by atoms with van der Waals surface area (Å²) in [5.41, 5.74) is 0.596. The zero-order valence-electron chi connectivity index (χ0n) is 16.4. The Hall–Kier alpha value is -2.12. The van der Waals surface area contributed by atoms with Gasteiger partial charge in [-0.25, -0.2) is 9.59 Å². The predicted molar refractivity (Wildman–Crippen MR) is 101 cm³/mol. The Bertz CT molecular complexity index is 570. The van der Waals surface area contributed by atoms with Crippen molar-refractivity contribution in [1.82, 2.24) is 4.90 Å². The normalized spacial score (nSPS) is 16.4. The van der Waals surface area contributed by atoms with Gasteiger partial charge in [0.15, 0.2) is 0 Å². The summed E-state index contributed by atoms with van der Waals surface area (Å²) in [6.07, 6.45) is 1.41. The van der Waals surface area contributed by atoms with E-state index >= 15 is 0 Å². The number of likely N-dealkylation sites (tertiary alicyclic amines) is 1. The summed E-state index contributed by atoms with van der Waals surface area (Å²) in [5.74, 6) is -0.960. The molecule has 0 radical (unpaired) electrons. The van der Waals surface area contributed by atoms with Crippen LogP contribution >= 0.6 is 0 Å². The van der Waals surface area contributed by atoms with E-state index in [0.717, 1.165) is 6.42 Å². The Morgan fingerprint density at radius 1 is 1.22 bits per heavy atom. The molecule has 152 valence electrons. The largest absolute Gasteiger partial charge is 0.480 e. The van der Waals surface area contributed by atoms with Gasteiger partial charge in [0.05, 0.1) is 6.61 Å². The molecule has 1 amide bonds. The minimum Gasteiger partial charge on any atom is -0.480 e. The number of ether oxygens (including phenoxy) is 2. The number of aliphatic hydroxyl groups is 1. The fourth-order valence-electron chi connectivity index (χ4n) is 2.49. The highest BCUT2D eigenvalue weighted by Gasteiger charge is 2.36. The molecule has 0 aromatic heterocycles. The number of aliphatic carboxylic acids is 1. The first kappa shape index (κ1) is 22.9. The molecular weight excluding hydrogens is 350 g/mol. The minimum atomic E-state index is -0.960. The number of aliphatic hydroxyl groups excluding tert-OH is 1. The van der Waals surface area contributed by atoms with Crippen LogP contribution in [0.4, 0.5) is 4.79 Å². The number of carbonyl (C=O) groups is 2. The highest BCUT2D eigenvalue weighted by atomic mass is 16.6. The third-order valence-electron chi connectivity index (χ3n) is 3.72. The second-order valence-corrected chi connectivity index (χ2v) is 7.29. The maximum atomic E-state index is 11.6. The van der Waals surface area contributed by atoms with Gasteiger partial charge in [-0.2, -0.15) is 0 Å². The van der Waals surface area contributed by atoms with E-state index in [0.29, 0.717) is 32.6 Å². The van der Waals surface area contributed by atoms with Crippen molar-refractivity contribution >= 4 is 12.1 Å². The number of amides is 1. The zero-order chi connectivity index (χ0) is 20.3. The average molecular weight is 381 g/mol. The van der Waals surface area contributed by atoms with Crippen molar-refractivity contribution in [2.24, 2.45) is 0 Å². The van der Waals surface area contributed by atoms with Crippen LogP contribution in [-0.4, -0.2) is 58.6 Å². The Balaban J connectivity index is 0.000000277. The maximum absolute atomic E-state index is 11.6. The lowest BCUT2D eigenvalue weighted by molar-refractivity contribution is -0.142. The summed E-state index contributed by atoms with van der Waals surface area (Å²) in [5, 5.41) is 17.4. The molecule has 1 aliphatic rings. The van der Waals surface area contributed by atoms with Crippen molar-refractivity contribution in [2.75, 3.05) is 19.8 Å². The average Bonchev–Trinajstić information content (AvgIpc) is 3.09. The molecule has 1 aliphatic heterocycles. The standard InChI is InChI=1S/C10H17NO4.C10H14O2/c1-10(2,3)15-9(14)11-6-4-5-7(11)8(12)13;11-7-4-8-12-9-10-5-2-1-3-6-10/h7H,4-6H2,1-3H3,(H,12,13);1-3,5-6,11H,4,7-9H2. The van der Waals surface area contributed by atoms with E-state index in [1.54, 1.807) is 20.8 Å². The van der Waals surface area contributed by atoms with E-state index in [1.807, 2.05) is 30.3 Å². The van der Waals surface area contributed by atoms with Crippen LogP contribution in [0.25, 0.3) is 0 Å². The summed E-state index contributed by atoms with van der Waals surface area (Å²) < 4.78 is 10.4. The lowest BCUT2D eigenvalue weighted by Gasteiger charge is -2.26. The predicted octanol–water partition coefficient (Wildman–Crippen LogP) is 3.06. The molecule has 1 fully saturated rings. The second-order valence-electron chi connectivity index (χ2n) is 7.29. The molecule has 2 N–H and O–H groups in total. The van der Waals surface area contributed by atoms with Gasteiger partial charge in [-0.05, 0) is 45.6 Å². The topological polar surface area (TPSA) is 96.3 Å². The van der Waals surface area contributed by atoms with Crippen molar-refractivity contribution in [3.8, 4) is 0 Å². The number of carbonyl (C=O) groups excluding carboxylic acids is 1. The summed E-state index contributed by atoms with van der Waals surface area (Å²) in [6.45, 7) is 7.22. The molecule has 1 saturated heterocycles. The van der Waals surface area contributed by atoms with E-state index in [-0.39, 0.29) is 6.61 Å². The Morgan fingerprint density at radius 3 is 2.44 bits per heavy atom. The van der Waals surface area contributed by atoms with Gasteiger partial charge in [0.2, 0.25) is 0 Å². The number of carboxylic acid groups (broad SMARTS) is 1. The van der Waals surface area contributed by atoms with Crippen LogP contribution in [-0.2, 0) is 20.9 Å². The molecule has 7 heteroatoms. The van der Waals surface area contributed by atoms with Crippen LogP contribution in [0.2, 0.25) is 0 Å². The first-order chi connectivity index (χ1) is 12.7. The number of rotatable bonds is 6. The van der Waals surface area contributed by atoms with Crippen molar-refractivity contribution < 1.29 is 29.3 Å². The lowest BCUT2D eigenvalue weighted by atomic mass is 10.2. The molecule has 1 atom stereocenters. The molecule has 0 saturated carbocycles. The Kier molecular flexibility index (Phi) is 9.82.